The van der Waals surface area contributed by atoms with Crippen molar-refractivity contribution >= 4 is 38.6 Å². The number of nitrogens with zero attached hydrogens (tertiary/aromatic N) is 2. The Kier molecular flexibility index (Phi) is 4.28. The Morgan fingerprint density at radius 2 is 1.32 bits per heavy atom. The lowest BCUT2D eigenvalue weighted by molar-refractivity contribution is -0.401. The second-order valence-corrected chi connectivity index (χ2v) is 10.8. The number of fused-ring (bicyclic) bond motifs is 6. The molecule has 0 radical (unpaired) electrons. The SMILES string of the molecule is CN1C(=C=CC2=[N+](C)c3ccc4ccccc4c3C2(C)C)C(C)(C)c2c1ccc1ccccc21. The van der Waals surface area contributed by atoms with Crippen LogP contribution in [0.25, 0.3) is 21.5 Å². The minimum atomic E-state index is -0.136. The molecule has 6 rings (SSSR count). The van der Waals surface area contributed by atoms with Crippen molar-refractivity contribution in [1.29, 1.82) is 0 Å². The third-order valence-corrected chi connectivity index (χ3v) is 8.06. The van der Waals surface area contributed by atoms with Gasteiger partial charge in [0, 0.05) is 29.8 Å². The van der Waals surface area contributed by atoms with Crippen LogP contribution in [0.2, 0.25) is 0 Å². The first-order valence-electron chi connectivity index (χ1n) is 12.1. The van der Waals surface area contributed by atoms with Gasteiger partial charge in [-0.05, 0) is 66.9 Å². The molecule has 34 heavy (non-hydrogen) atoms. The molecular weight excluding hydrogens is 412 g/mol. The van der Waals surface area contributed by atoms with Gasteiger partial charge in [0.25, 0.3) is 0 Å². The van der Waals surface area contributed by atoms with Crippen molar-refractivity contribution in [3.05, 3.63) is 101 Å². The molecule has 0 aromatic heterocycles. The largest absolute Gasteiger partial charge is 0.341 e. The van der Waals surface area contributed by atoms with Crippen LogP contribution in [0.15, 0.2) is 90.3 Å². The Labute approximate surface area is 202 Å². The van der Waals surface area contributed by atoms with Crippen molar-refractivity contribution < 1.29 is 4.58 Å². The molecule has 0 N–H and O–H groups in total. The van der Waals surface area contributed by atoms with Crippen LogP contribution in [0.1, 0.15) is 38.8 Å². The predicted molar refractivity (Wildman–Crippen MR) is 145 cm³/mol. The summed E-state index contributed by atoms with van der Waals surface area (Å²) in [4.78, 5) is 2.32. The van der Waals surface area contributed by atoms with Gasteiger partial charge in [-0.2, -0.15) is 4.58 Å². The molecule has 0 unspecified atom stereocenters. The normalized spacial score (nSPS) is 17.8. The molecule has 0 fully saturated rings. The molecule has 0 saturated carbocycles. The van der Waals surface area contributed by atoms with Crippen LogP contribution < -0.4 is 4.90 Å². The van der Waals surface area contributed by atoms with Crippen LogP contribution in [0.4, 0.5) is 11.4 Å². The second kappa shape index (κ2) is 6.95. The fourth-order valence-electron chi connectivity index (χ4n) is 6.42. The van der Waals surface area contributed by atoms with E-state index < -0.39 is 0 Å². The van der Waals surface area contributed by atoms with Crippen LogP contribution in [0, 0.1) is 0 Å². The van der Waals surface area contributed by atoms with Gasteiger partial charge in [-0.25, -0.2) is 0 Å². The van der Waals surface area contributed by atoms with Crippen molar-refractivity contribution in [3.8, 4) is 0 Å². The standard InChI is InChI=1S/C32H31N2/c1-31(2)27(33(5)25-17-15-21-11-7-9-13-23(21)29(25)31)19-20-28-32(3,4)30-24-14-10-8-12-22(24)16-18-26(30)34(28)6/h7-19H,1-6H3/q+1. The van der Waals surface area contributed by atoms with E-state index in [1.165, 1.54) is 55.5 Å². The van der Waals surface area contributed by atoms with Crippen molar-refractivity contribution in [2.24, 2.45) is 0 Å². The van der Waals surface area contributed by atoms with E-state index in [1.807, 2.05) is 0 Å². The quantitative estimate of drug-likeness (QED) is 0.218. The summed E-state index contributed by atoms with van der Waals surface area (Å²) in [6.45, 7) is 9.33. The van der Waals surface area contributed by atoms with Crippen molar-refractivity contribution in [2.45, 2.75) is 38.5 Å². The lowest BCUT2D eigenvalue weighted by Gasteiger charge is -2.22. The highest BCUT2D eigenvalue weighted by atomic mass is 15.2. The molecule has 2 nitrogen and oxygen atoms in total. The average molecular weight is 444 g/mol. The Hall–Kier alpha value is -3.61. The summed E-state index contributed by atoms with van der Waals surface area (Å²) in [7, 11) is 4.36. The first kappa shape index (κ1) is 21.0. The van der Waals surface area contributed by atoms with Gasteiger partial charge < -0.3 is 4.90 Å². The third-order valence-electron chi connectivity index (χ3n) is 8.06. The highest BCUT2D eigenvalue weighted by Crippen LogP contribution is 2.50. The first-order chi connectivity index (χ1) is 16.2. The Morgan fingerprint density at radius 1 is 0.735 bits per heavy atom. The van der Waals surface area contributed by atoms with Gasteiger partial charge in [0.05, 0.1) is 17.2 Å². The molecule has 0 aliphatic carbocycles. The molecule has 4 aromatic carbocycles. The third kappa shape index (κ3) is 2.67. The van der Waals surface area contributed by atoms with Gasteiger partial charge in [0.2, 0.25) is 5.69 Å². The van der Waals surface area contributed by atoms with Crippen LogP contribution in [-0.2, 0) is 10.8 Å². The van der Waals surface area contributed by atoms with E-state index in [9.17, 15) is 0 Å². The van der Waals surface area contributed by atoms with Gasteiger partial charge in [0.1, 0.15) is 7.05 Å². The molecule has 2 aliphatic rings. The van der Waals surface area contributed by atoms with Gasteiger partial charge in [-0.1, -0.05) is 60.3 Å². The highest BCUT2D eigenvalue weighted by Gasteiger charge is 2.45. The van der Waals surface area contributed by atoms with Gasteiger partial charge in [-0.3, -0.25) is 0 Å². The summed E-state index contributed by atoms with van der Waals surface area (Å²) in [6, 6.07) is 26.4. The van der Waals surface area contributed by atoms with Crippen LogP contribution in [0.5, 0.6) is 0 Å². The van der Waals surface area contributed by atoms with Crippen molar-refractivity contribution in [3.63, 3.8) is 0 Å². The summed E-state index contributed by atoms with van der Waals surface area (Å²) < 4.78 is 2.35. The molecule has 4 aromatic rings. The molecule has 2 aliphatic heterocycles. The summed E-state index contributed by atoms with van der Waals surface area (Å²) in [5.41, 5.74) is 11.4. The summed E-state index contributed by atoms with van der Waals surface area (Å²) in [5, 5.41) is 5.26. The molecule has 0 saturated heterocycles. The molecule has 0 amide bonds. The summed E-state index contributed by atoms with van der Waals surface area (Å²) >= 11 is 0. The molecule has 0 bridgehead atoms. The number of allylic oxidation sites excluding steroid dienone is 1. The lowest BCUT2D eigenvalue weighted by atomic mass is 9.78. The van der Waals surface area contributed by atoms with E-state index in [0.29, 0.717) is 0 Å². The smallest absolute Gasteiger partial charge is 0.210 e. The maximum Gasteiger partial charge on any atom is 0.210 e. The second-order valence-electron chi connectivity index (χ2n) is 10.8. The molecule has 0 spiro atoms. The van der Waals surface area contributed by atoms with E-state index in [0.717, 1.165) is 0 Å². The van der Waals surface area contributed by atoms with Gasteiger partial charge in [0.15, 0.2) is 5.71 Å². The molecular formula is C32H31N2+. The minimum absolute atomic E-state index is 0.112. The number of hydrogen-bond donors (Lipinski definition) is 0. The topological polar surface area (TPSA) is 6.25 Å². The van der Waals surface area contributed by atoms with Crippen LogP contribution in [0.3, 0.4) is 0 Å². The number of hydrogen-bond acceptors (Lipinski definition) is 1. The minimum Gasteiger partial charge on any atom is -0.341 e. The maximum atomic E-state index is 3.78. The lowest BCUT2D eigenvalue weighted by Crippen LogP contribution is -2.27. The van der Waals surface area contributed by atoms with E-state index in [-0.39, 0.29) is 10.8 Å². The zero-order chi connectivity index (χ0) is 23.8. The molecule has 168 valence electrons. The maximum absolute atomic E-state index is 3.78. The zero-order valence-electron chi connectivity index (χ0n) is 20.9. The van der Waals surface area contributed by atoms with Crippen molar-refractivity contribution in [1.82, 2.24) is 0 Å². The monoisotopic (exact) mass is 443 g/mol. The number of rotatable bonds is 1. The summed E-state index contributed by atoms with van der Waals surface area (Å²) in [6.07, 6.45) is 2.23. The van der Waals surface area contributed by atoms with Gasteiger partial charge >= 0.3 is 0 Å². The Bertz CT molecular complexity index is 1610. The molecule has 2 heteroatoms. The van der Waals surface area contributed by atoms with E-state index in [2.05, 4.69) is 136 Å². The predicted octanol–water partition coefficient (Wildman–Crippen LogP) is 7.47. The Morgan fingerprint density at radius 3 is 2.00 bits per heavy atom. The number of likely N-dealkylation sites (N-methyl/N-ethyl adjacent to an activating group) is 1. The van der Waals surface area contributed by atoms with Crippen LogP contribution in [-0.4, -0.2) is 24.4 Å². The molecule has 0 atom stereocenters. The fraction of sp³-hybridized carbons (Fsp3) is 0.250. The number of benzene rings is 4. The highest BCUT2D eigenvalue weighted by molar-refractivity contribution is 6.07. The summed E-state index contributed by atoms with van der Waals surface area (Å²) in [5.74, 6) is 0. The van der Waals surface area contributed by atoms with E-state index in [4.69, 9.17) is 0 Å². The van der Waals surface area contributed by atoms with Gasteiger partial charge in [-0.15, -0.1) is 0 Å². The Balaban J connectivity index is 1.53. The average Bonchev–Trinajstić information content (AvgIpc) is 3.15. The van der Waals surface area contributed by atoms with Crippen molar-refractivity contribution in [2.75, 3.05) is 19.0 Å². The molecule has 2 heterocycles. The number of anilines is 1. The van der Waals surface area contributed by atoms with E-state index in [1.54, 1.807) is 0 Å². The first-order valence-corrected chi connectivity index (χ1v) is 12.1. The zero-order valence-corrected chi connectivity index (χ0v) is 20.9. The van der Waals surface area contributed by atoms with Crippen LogP contribution >= 0.6 is 0 Å². The van der Waals surface area contributed by atoms with E-state index >= 15 is 0 Å². The fourth-order valence-corrected chi connectivity index (χ4v) is 6.42.